The first-order valence-electron chi connectivity index (χ1n) is 10.3. The Bertz CT molecular complexity index is 1010. The topological polar surface area (TPSA) is 60.1 Å². The highest BCUT2D eigenvalue weighted by Gasteiger charge is 2.27. The van der Waals surface area contributed by atoms with Crippen LogP contribution in [0.5, 0.6) is 0 Å². The Balaban J connectivity index is 0.000000552. The average molecular weight is 418 g/mol. The number of rotatable bonds is 5. The summed E-state index contributed by atoms with van der Waals surface area (Å²) in [7, 11) is 0. The van der Waals surface area contributed by atoms with E-state index in [-0.39, 0.29) is 17.9 Å². The SMILES string of the molecule is CCCC.CCCc1c2n(c3cc(C(=O)O)ccc13)CCCc1ncn(SF)c1-2. The Labute approximate surface area is 175 Å². The summed E-state index contributed by atoms with van der Waals surface area (Å²) in [6, 6.07) is 5.26. The van der Waals surface area contributed by atoms with Gasteiger partial charge in [0, 0.05) is 17.4 Å². The summed E-state index contributed by atoms with van der Waals surface area (Å²) in [4.78, 5) is 15.8. The molecule has 0 aliphatic carbocycles. The highest BCUT2D eigenvalue weighted by Crippen LogP contribution is 2.40. The first kappa shape index (κ1) is 21.4. The summed E-state index contributed by atoms with van der Waals surface area (Å²) in [5.41, 5.74) is 5.02. The second-order valence-corrected chi connectivity index (χ2v) is 7.84. The summed E-state index contributed by atoms with van der Waals surface area (Å²) < 4.78 is 17.1. The Morgan fingerprint density at radius 1 is 1.21 bits per heavy atom. The fraction of sp³-hybridized carbons (Fsp3) is 0.455. The predicted octanol–water partition coefficient (Wildman–Crippen LogP) is 6.29. The Morgan fingerprint density at radius 3 is 2.59 bits per heavy atom. The van der Waals surface area contributed by atoms with Crippen LogP contribution < -0.4 is 0 Å². The summed E-state index contributed by atoms with van der Waals surface area (Å²) in [5, 5.41) is 10.4. The number of carboxylic acid groups (broad SMARTS) is 1. The van der Waals surface area contributed by atoms with Crippen molar-refractivity contribution in [1.82, 2.24) is 13.5 Å². The van der Waals surface area contributed by atoms with E-state index in [4.69, 9.17) is 0 Å². The van der Waals surface area contributed by atoms with Crippen molar-refractivity contribution in [2.75, 3.05) is 0 Å². The minimum atomic E-state index is -0.937. The Kier molecular flexibility index (Phi) is 7.00. The lowest BCUT2D eigenvalue weighted by molar-refractivity contribution is 0.0697. The van der Waals surface area contributed by atoms with Crippen LogP contribution in [0.3, 0.4) is 0 Å². The quantitative estimate of drug-likeness (QED) is 0.530. The smallest absolute Gasteiger partial charge is 0.335 e. The van der Waals surface area contributed by atoms with Gasteiger partial charge in [-0.3, -0.25) is 0 Å². The molecule has 0 spiro atoms. The molecule has 1 aliphatic heterocycles. The van der Waals surface area contributed by atoms with E-state index in [1.165, 1.54) is 23.1 Å². The number of aromatic carboxylic acids is 1. The largest absolute Gasteiger partial charge is 0.478 e. The summed E-state index contributed by atoms with van der Waals surface area (Å²) >= 11 is 0.154. The molecule has 29 heavy (non-hydrogen) atoms. The second kappa shape index (κ2) is 9.48. The molecule has 0 fully saturated rings. The molecule has 4 rings (SSSR count). The number of carbonyl (C=O) groups is 1. The molecule has 3 heterocycles. The van der Waals surface area contributed by atoms with Crippen molar-refractivity contribution in [3.63, 3.8) is 0 Å². The van der Waals surface area contributed by atoms with Crippen LogP contribution in [-0.4, -0.2) is 24.6 Å². The van der Waals surface area contributed by atoms with Gasteiger partial charge >= 0.3 is 5.97 Å². The van der Waals surface area contributed by atoms with Crippen molar-refractivity contribution in [1.29, 1.82) is 0 Å². The number of hydrogen-bond donors (Lipinski definition) is 1. The van der Waals surface area contributed by atoms with Crippen LogP contribution in [0.2, 0.25) is 0 Å². The zero-order valence-corrected chi connectivity index (χ0v) is 18.1. The maximum absolute atomic E-state index is 13.5. The fourth-order valence-corrected chi connectivity index (χ4v) is 4.15. The van der Waals surface area contributed by atoms with Crippen molar-refractivity contribution >= 4 is 29.2 Å². The monoisotopic (exact) mass is 417 g/mol. The standard InChI is InChI=1S/C18H18FN3O2S.C4H10/c1-2-4-13-12-7-6-11(18(23)24)9-15(12)21-8-3-5-14-17(16(13)21)22(25-19)10-20-14;1-3-4-2/h6-7,9-10H,2-5,8H2,1H3,(H,23,24);3-4H2,1-2H3. The molecule has 1 aromatic carbocycles. The van der Waals surface area contributed by atoms with Gasteiger partial charge in [0.15, 0.2) is 12.3 Å². The first-order valence-corrected chi connectivity index (χ1v) is 11.0. The van der Waals surface area contributed by atoms with Gasteiger partial charge in [-0.25, -0.2) is 13.8 Å². The van der Waals surface area contributed by atoms with Gasteiger partial charge in [-0.2, -0.15) is 0 Å². The number of carboxylic acids is 1. The van der Waals surface area contributed by atoms with Gasteiger partial charge in [0.2, 0.25) is 0 Å². The number of halogens is 1. The van der Waals surface area contributed by atoms with Crippen LogP contribution in [0.4, 0.5) is 3.89 Å². The van der Waals surface area contributed by atoms with Crippen molar-refractivity contribution in [3.8, 4) is 11.4 Å². The number of nitrogens with zero attached hydrogens (tertiary/aromatic N) is 3. The molecular formula is C22H28FN3O2S. The number of hydrogen-bond acceptors (Lipinski definition) is 3. The molecule has 0 radical (unpaired) electrons. The molecule has 0 saturated heterocycles. The average Bonchev–Trinajstić information content (AvgIpc) is 3.20. The van der Waals surface area contributed by atoms with Gasteiger partial charge in [0.05, 0.1) is 17.0 Å². The zero-order chi connectivity index (χ0) is 21.0. The molecule has 0 saturated carbocycles. The lowest BCUT2D eigenvalue weighted by Crippen LogP contribution is -2.02. The highest BCUT2D eigenvalue weighted by atomic mass is 32.2. The number of unbranched alkanes of at least 4 members (excludes halogenated alkanes) is 1. The molecule has 1 N–H and O–H groups in total. The zero-order valence-electron chi connectivity index (χ0n) is 17.2. The van der Waals surface area contributed by atoms with Crippen LogP contribution in [-0.2, 0) is 19.4 Å². The summed E-state index contributed by atoms with van der Waals surface area (Å²) in [6.07, 6.45) is 7.66. The molecule has 0 bridgehead atoms. The van der Waals surface area contributed by atoms with Gasteiger partial charge in [-0.15, -0.1) is 3.89 Å². The lowest BCUT2D eigenvalue weighted by atomic mass is 10.0. The van der Waals surface area contributed by atoms with Crippen molar-refractivity contribution in [3.05, 3.63) is 41.3 Å². The van der Waals surface area contributed by atoms with Crippen LogP contribution >= 0.6 is 12.3 Å². The number of aromatic nitrogens is 3. The number of fused-ring (bicyclic) bond motifs is 5. The van der Waals surface area contributed by atoms with E-state index in [0.717, 1.165) is 65.8 Å². The van der Waals surface area contributed by atoms with Gasteiger partial charge in [0.25, 0.3) is 0 Å². The summed E-state index contributed by atoms with van der Waals surface area (Å²) in [5.74, 6) is -0.937. The number of benzene rings is 1. The number of imidazole rings is 1. The molecular weight excluding hydrogens is 389 g/mol. The maximum atomic E-state index is 13.5. The van der Waals surface area contributed by atoms with Gasteiger partial charge in [-0.05, 0) is 37.0 Å². The third-order valence-corrected chi connectivity index (χ3v) is 5.75. The predicted molar refractivity (Wildman–Crippen MR) is 117 cm³/mol. The Morgan fingerprint density at radius 2 is 1.97 bits per heavy atom. The van der Waals surface area contributed by atoms with Crippen molar-refractivity contribution < 1.29 is 13.8 Å². The van der Waals surface area contributed by atoms with Crippen molar-refractivity contribution in [2.45, 2.75) is 65.8 Å². The molecule has 1 aliphatic rings. The highest BCUT2D eigenvalue weighted by molar-refractivity contribution is 7.92. The van der Waals surface area contributed by atoms with E-state index in [2.05, 4.69) is 30.3 Å². The maximum Gasteiger partial charge on any atom is 0.335 e. The van der Waals surface area contributed by atoms with Gasteiger partial charge in [0.1, 0.15) is 12.0 Å². The first-order chi connectivity index (χ1) is 14.1. The van der Waals surface area contributed by atoms with E-state index in [1.54, 1.807) is 12.1 Å². The molecule has 3 aromatic rings. The molecule has 156 valence electrons. The van der Waals surface area contributed by atoms with Crippen LogP contribution in [0.15, 0.2) is 24.5 Å². The van der Waals surface area contributed by atoms with E-state index in [9.17, 15) is 13.8 Å². The van der Waals surface area contributed by atoms with Gasteiger partial charge in [-0.1, -0.05) is 46.1 Å². The Hall–Kier alpha value is -2.28. The third kappa shape index (κ3) is 4.06. The second-order valence-electron chi connectivity index (χ2n) is 7.30. The number of aryl methyl sites for hydroxylation is 3. The summed E-state index contributed by atoms with van der Waals surface area (Å²) in [6.45, 7) is 7.24. The van der Waals surface area contributed by atoms with Gasteiger partial charge < -0.3 is 9.67 Å². The molecule has 0 amide bonds. The van der Waals surface area contributed by atoms with Crippen LogP contribution in [0, 0.1) is 0 Å². The molecule has 0 unspecified atom stereocenters. The normalized spacial score (nSPS) is 12.7. The lowest BCUT2D eigenvalue weighted by Gasteiger charge is -2.10. The minimum Gasteiger partial charge on any atom is -0.478 e. The van der Waals surface area contributed by atoms with E-state index < -0.39 is 5.97 Å². The fourth-order valence-electron chi connectivity index (χ4n) is 3.81. The minimum absolute atomic E-state index is 0.154. The van der Waals surface area contributed by atoms with Crippen LogP contribution in [0.1, 0.15) is 68.1 Å². The van der Waals surface area contributed by atoms with E-state index in [1.807, 2.05) is 6.07 Å². The molecule has 2 aromatic heterocycles. The van der Waals surface area contributed by atoms with Crippen molar-refractivity contribution in [2.24, 2.45) is 0 Å². The molecule has 0 atom stereocenters. The third-order valence-electron chi connectivity index (χ3n) is 5.32. The van der Waals surface area contributed by atoms with Crippen LogP contribution in [0.25, 0.3) is 22.3 Å². The van der Waals surface area contributed by atoms with E-state index >= 15 is 0 Å². The van der Waals surface area contributed by atoms with E-state index in [0.29, 0.717) is 0 Å². The molecule has 7 heteroatoms. The molecule has 5 nitrogen and oxygen atoms in total.